The van der Waals surface area contributed by atoms with Crippen LogP contribution in [0.5, 0.6) is 0 Å². The van der Waals surface area contributed by atoms with E-state index in [1.807, 2.05) is 12.1 Å². The number of hydrogen-bond acceptors (Lipinski definition) is 4. The molecule has 0 aliphatic carbocycles. The predicted molar refractivity (Wildman–Crippen MR) is 90.0 cm³/mol. The summed E-state index contributed by atoms with van der Waals surface area (Å²) in [7, 11) is 0. The van der Waals surface area contributed by atoms with Crippen LogP contribution in [-0.2, 0) is 20.9 Å². The van der Waals surface area contributed by atoms with Gasteiger partial charge in [-0.3, -0.25) is 14.5 Å². The van der Waals surface area contributed by atoms with Crippen LogP contribution in [0.15, 0.2) is 24.3 Å². The first-order chi connectivity index (χ1) is 12.1. The molecule has 1 unspecified atom stereocenters. The van der Waals surface area contributed by atoms with Crippen LogP contribution in [-0.4, -0.2) is 53.8 Å². The summed E-state index contributed by atoms with van der Waals surface area (Å²) >= 11 is 0. The van der Waals surface area contributed by atoms with Crippen molar-refractivity contribution < 1.29 is 18.8 Å². The third-order valence-electron chi connectivity index (χ3n) is 5.62. The summed E-state index contributed by atoms with van der Waals surface area (Å²) in [5.74, 6) is -0.207. The molecule has 0 saturated carbocycles. The fraction of sp³-hybridized carbons (Fsp3) is 0.632. The van der Waals surface area contributed by atoms with E-state index < -0.39 is 0 Å². The summed E-state index contributed by atoms with van der Waals surface area (Å²) < 4.78 is 19.2. The zero-order valence-electron chi connectivity index (χ0n) is 14.5. The molecule has 4 rings (SSSR count). The molecule has 1 spiro atoms. The number of benzene rings is 1. The highest BCUT2D eigenvalue weighted by Gasteiger charge is 2.46. The van der Waals surface area contributed by atoms with E-state index in [1.54, 1.807) is 0 Å². The minimum atomic E-state index is -0.346. The first kappa shape index (κ1) is 16.9. The summed E-state index contributed by atoms with van der Waals surface area (Å²) in [5.41, 5.74) is 0.975. The second-order valence-electron chi connectivity index (χ2n) is 7.36. The van der Waals surface area contributed by atoms with Crippen LogP contribution in [0.4, 0.5) is 4.39 Å². The summed E-state index contributed by atoms with van der Waals surface area (Å²) in [6.07, 6.45) is 4.18. The molecule has 1 amide bonds. The van der Waals surface area contributed by atoms with Crippen molar-refractivity contribution in [3.8, 4) is 0 Å². The SMILES string of the molecule is O=C(C1CCC2(CCN(Cc3ccc(F)cc3)CC2)O1)N1CCCO1. The Balaban J connectivity index is 1.29. The van der Waals surface area contributed by atoms with Crippen molar-refractivity contribution in [2.45, 2.75) is 50.4 Å². The van der Waals surface area contributed by atoms with E-state index in [1.165, 1.54) is 17.2 Å². The summed E-state index contributed by atoms with van der Waals surface area (Å²) in [4.78, 5) is 20.2. The second-order valence-corrected chi connectivity index (χ2v) is 7.36. The van der Waals surface area contributed by atoms with Crippen molar-refractivity contribution in [1.29, 1.82) is 0 Å². The molecule has 0 N–H and O–H groups in total. The van der Waals surface area contributed by atoms with Gasteiger partial charge < -0.3 is 4.74 Å². The van der Waals surface area contributed by atoms with Gasteiger partial charge in [0.05, 0.1) is 18.8 Å². The van der Waals surface area contributed by atoms with Gasteiger partial charge in [0.15, 0.2) is 0 Å². The van der Waals surface area contributed by atoms with Crippen LogP contribution >= 0.6 is 0 Å². The number of nitrogens with zero attached hydrogens (tertiary/aromatic N) is 2. The minimum Gasteiger partial charge on any atom is -0.362 e. The third kappa shape index (κ3) is 3.71. The number of likely N-dealkylation sites (tertiary alicyclic amines) is 1. The lowest BCUT2D eigenvalue weighted by molar-refractivity contribution is -0.185. The summed E-state index contributed by atoms with van der Waals surface area (Å²) in [6, 6.07) is 6.71. The molecule has 3 aliphatic heterocycles. The molecule has 0 bridgehead atoms. The Hall–Kier alpha value is -1.50. The maximum Gasteiger partial charge on any atom is 0.275 e. The Morgan fingerprint density at radius 2 is 1.92 bits per heavy atom. The van der Waals surface area contributed by atoms with Gasteiger partial charge in [-0.05, 0) is 49.8 Å². The predicted octanol–water partition coefficient (Wildman–Crippen LogP) is 2.50. The fourth-order valence-electron chi connectivity index (χ4n) is 4.10. The zero-order chi connectivity index (χ0) is 17.3. The molecule has 6 heteroatoms. The number of carbonyl (C=O) groups excluding carboxylic acids is 1. The van der Waals surface area contributed by atoms with E-state index in [9.17, 15) is 9.18 Å². The summed E-state index contributed by atoms with van der Waals surface area (Å²) in [5, 5.41) is 1.48. The topological polar surface area (TPSA) is 42.0 Å². The number of rotatable bonds is 3. The lowest BCUT2D eigenvalue weighted by Gasteiger charge is -2.39. The monoisotopic (exact) mass is 348 g/mol. The van der Waals surface area contributed by atoms with Crippen LogP contribution in [0.3, 0.4) is 0 Å². The van der Waals surface area contributed by atoms with Gasteiger partial charge in [-0.25, -0.2) is 9.45 Å². The van der Waals surface area contributed by atoms with Crippen molar-refractivity contribution >= 4 is 5.91 Å². The van der Waals surface area contributed by atoms with Gasteiger partial charge in [0.1, 0.15) is 11.9 Å². The van der Waals surface area contributed by atoms with Crippen LogP contribution in [0, 0.1) is 5.82 Å². The number of halogens is 1. The zero-order valence-corrected chi connectivity index (χ0v) is 14.5. The molecule has 25 heavy (non-hydrogen) atoms. The molecule has 1 atom stereocenters. The van der Waals surface area contributed by atoms with Gasteiger partial charge in [-0.1, -0.05) is 12.1 Å². The van der Waals surface area contributed by atoms with Crippen molar-refractivity contribution in [3.63, 3.8) is 0 Å². The van der Waals surface area contributed by atoms with E-state index in [4.69, 9.17) is 9.57 Å². The van der Waals surface area contributed by atoms with E-state index in [0.29, 0.717) is 13.2 Å². The Kier molecular flexibility index (Phi) is 4.75. The van der Waals surface area contributed by atoms with Gasteiger partial charge in [-0.2, -0.15) is 0 Å². The van der Waals surface area contributed by atoms with Gasteiger partial charge in [-0.15, -0.1) is 0 Å². The van der Waals surface area contributed by atoms with Crippen molar-refractivity contribution in [3.05, 3.63) is 35.6 Å². The average molecular weight is 348 g/mol. The van der Waals surface area contributed by atoms with Crippen molar-refractivity contribution in [2.24, 2.45) is 0 Å². The molecule has 3 heterocycles. The van der Waals surface area contributed by atoms with Gasteiger partial charge in [0, 0.05) is 19.6 Å². The van der Waals surface area contributed by atoms with E-state index in [2.05, 4.69) is 4.90 Å². The van der Waals surface area contributed by atoms with Crippen LogP contribution in [0.25, 0.3) is 0 Å². The largest absolute Gasteiger partial charge is 0.362 e. The lowest BCUT2D eigenvalue weighted by Crippen LogP contribution is -2.45. The number of hydrogen-bond donors (Lipinski definition) is 0. The molecule has 0 aromatic heterocycles. The van der Waals surface area contributed by atoms with Crippen LogP contribution < -0.4 is 0 Å². The molecule has 3 fully saturated rings. The van der Waals surface area contributed by atoms with Gasteiger partial charge >= 0.3 is 0 Å². The average Bonchev–Trinajstić information content (AvgIpc) is 3.29. The first-order valence-corrected chi connectivity index (χ1v) is 9.23. The Bertz CT molecular complexity index is 608. The summed E-state index contributed by atoms with van der Waals surface area (Å²) in [6.45, 7) is 4.02. The molecule has 3 saturated heterocycles. The maximum atomic E-state index is 13.0. The Morgan fingerprint density at radius 3 is 2.60 bits per heavy atom. The van der Waals surface area contributed by atoms with E-state index >= 15 is 0 Å². The van der Waals surface area contributed by atoms with E-state index in [0.717, 1.165) is 57.3 Å². The molecular weight excluding hydrogens is 323 g/mol. The Labute approximate surface area is 147 Å². The first-order valence-electron chi connectivity index (χ1n) is 9.23. The number of amides is 1. The standard InChI is InChI=1S/C19H25FN2O3/c20-16-4-2-15(3-5-16)14-21-11-8-19(9-12-21)7-6-17(25-19)18(23)22-10-1-13-24-22/h2-5,17H,1,6-14H2. The Morgan fingerprint density at radius 1 is 1.16 bits per heavy atom. The van der Waals surface area contributed by atoms with Gasteiger partial charge in [0.2, 0.25) is 0 Å². The number of piperidine rings is 1. The highest BCUT2D eigenvalue weighted by atomic mass is 19.1. The molecule has 3 aliphatic rings. The molecule has 1 aromatic rings. The van der Waals surface area contributed by atoms with Crippen LogP contribution in [0.2, 0.25) is 0 Å². The van der Waals surface area contributed by atoms with Crippen molar-refractivity contribution in [2.75, 3.05) is 26.2 Å². The minimum absolute atomic E-state index is 0.0110. The normalized spacial score (nSPS) is 26.4. The van der Waals surface area contributed by atoms with Crippen LogP contribution in [0.1, 0.15) is 37.7 Å². The fourth-order valence-corrected chi connectivity index (χ4v) is 4.10. The van der Waals surface area contributed by atoms with E-state index in [-0.39, 0.29) is 23.4 Å². The smallest absolute Gasteiger partial charge is 0.275 e. The quantitative estimate of drug-likeness (QED) is 0.842. The molecule has 5 nitrogen and oxygen atoms in total. The third-order valence-corrected chi connectivity index (χ3v) is 5.62. The highest BCUT2D eigenvalue weighted by Crippen LogP contribution is 2.39. The molecule has 136 valence electrons. The van der Waals surface area contributed by atoms with Crippen molar-refractivity contribution in [1.82, 2.24) is 9.96 Å². The second kappa shape index (κ2) is 7.02. The number of carbonyl (C=O) groups is 1. The molecule has 1 aromatic carbocycles. The molecular formula is C19H25FN2O3. The number of ether oxygens (including phenoxy) is 1. The lowest BCUT2D eigenvalue weighted by atomic mass is 9.88. The maximum absolute atomic E-state index is 13.0. The highest BCUT2D eigenvalue weighted by molar-refractivity contribution is 5.80. The number of hydroxylamine groups is 2. The van der Waals surface area contributed by atoms with Gasteiger partial charge in [0.25, 0.3) is 5.91 Å². The molecule has 0 radical (unpaired) electrons.